The molecule has 0 bridgehead atoms. The molecule has 0 unspecified atom stereocenters. The first-order valence-corrected chi connectivity index (χ1v) is 5.56. The van der Waals surface area contributed by atoms with Gasteiger partial charge >= 0.3 is 0 Å². The fourth-order valence-corrected chi connectivity index (χ4v) is 2.30. The van der Waals surface area contributed by atoms with E-state index in [9.17, 15) is 4.39 Å². The van der Waals surface area contributed by atoms with Crippen LogP contribution in [0.2, 0.25) is 0 Å². The average Bonchev–Trinajstić information content (AvgIpc) is 2.86. The zero-order valence-electron chi connectivity index (χ0n) is 8.69. The first-order chi connectivity index (χ1) is 8.16. The van der Waals surface area contributed by atoms with Gasteiger partial charge in [-0.1, -0.05) is 0 Å². The summed E-state index contributed by atoms with van der Waals surface area (Å²) in [6.45, 7) is 0. The van der Waals surface area contributed by atoms with Crippen LogP contribution in [0.25, 0.3) is 22.3 Å². The van der Waals surface area contributed by atoms with Crippen LogP contribution in [0.3, 0.4) is 0 Å². The van der Waals surface area contributed by atoms with Crippen LogP contribution in [-0.4, -0.2) is 20.1 Å². The minimum absolute atomic E-state index is 0.132. The van der Waals surface area contributed by atoms with Crippen LogP contribution in [0.1, 0.15) is 0 Å². The summed E-state index contributed by atoms with van der Waals surface area (Å²) in [7, 11) is 1.78. The van der Waals surface area contributed by atoms with E-state index in [0.29, 0.717) is 11.1 Å². The quantitative estimate of drug-likeness (QED) is 0.692. The second-order valence-corrected chi connectivity index (χ2v) is 4.41. The van der Waals surface area contributed by atoms with Crippen molar-refractivity contribution in [1.29, 1.82) is 0 Å². The van der Waals surface area contributed by atoms with Gasteiger partial charge in [-0.05, 0) is 38.4 Å². The summed E-state index contributed by atoms with van der Waals surface area (Å²) in [5, 5.41) is 11.2. The van der Waals surface area contributed by atoms with Crippen molar-refractivity contribution in [3.8, 4) is 11.3 Å². The molecule has 2 aromatic heterocycles. The van der Waals surface area contributed by atoms with Crippen molar-refractivity contribution in [2.45, 2.75) is 0 Å². The Hall–Kier alpha value is -1.76. The maximum Gasteiger partial charge on any atom is 0.170 e. The molecule has 0 spiro atoms. The van der Waals surface area contributed by atoms with Gasteiger partial charge in [-0.2, -0.15) is 5.10 Å². The molecule has 0 N–H and O–H groups in total. The van der Waals surface area contributed by atoms with Crippen molar-refractivity contribution in [3.05, 3.63) is 28.6 Å². The third kappa shape index (κ3) is 1.54. The lowest BCUT2D eigenvalue weighted by Gasteiger charge is -2.03. The second-order valence-electron chi connectivity index (χ2n) is 3.55. The van der Waals surface area contributed by atoms with Gasteiger partial charge in [0.05, 0.1) is 16.4 Å². The molecule has 0 saturated heterocycles. The number of hydrogen-bond acceptors (Lipinski definition) is 4. The summed E-state index contributed by atoms with van der Waals surface area (Å²) in [6, 6.07) is 3.09. The number of aryl methyl sites for hydroxylation is 1. The molecule has 2 heterocycles. The number of halogens is 2. The maximum absolute atomic E-state index is 13.7. The second kappa shape index (κ2) is 3.63. The van der Waals surface area contributed by atoms with Gasteiger partial charge in [-0.15, -0.1) is 0 Å². The van der Waals surface area contributed by atoms with E-state index >= 15 is 0 Å². The van der Waals surface area contributed by atoms with E-state index in [1.165, 1.54) is 6.07 Å². The van der Waals surface area contributed by atoms with E-state index < -0.39 is 5.82 Å². The van der Waals surface area contributed by atoms with Gasteiger partial charge in [-0.3, -0.25) is 4.68 Å². The summed E-state index contributed by atoms with van der Waals surface area (Å²) >= 11 is 3.37. The van der Waals surface area contributed by atoms with E-state index in [2.05, 4.69) is 36.0 Å². The molecule has 5 nitrogen and oxygen atoms in total. The lowest BCUT2D eigenvalue weighted by atomic mass is 10.1. The number of hydrogen-bond donors (Lipinski definition) is 0. The predicted molar refractivity (Wildman–Crippen MR) is 61.7 cm³/mol. The average molecular weight is 297 g/mol. The number of rotatable bonds is 1. The normalized spacial score (nSPS) is 11.2. The summed E-state index contributed by atoms with van der Waals surface area (Å²) in [4.78, 5) is 0. The summed E-state index contributed by atoms with van der Waals surface area (Å²) in [6.07, 6.45) is 1.65. The molecule has 3 rings (SSSR count). The van der Waals surface area contributed by atoms with Gasteiger partial charge in [0.15, 0.2) is 11.3 Å². The van der Waals surface area contributed by atoms with E-state index in [0.717, 1.165) is 10.2 Å². The van der Waals surface area contributed by atoms with Crippen LogP contribution in [0.15, 0.2) is 27.4 Å². The van der Waals surface area contributed by atoms with E-state index in [1.54, 1.807) is 24.0 Å². The van der Waals surface area contributed by atoms with Crippen molar-refractivity contribution in [2.24, 2.45) is 7.05 Å². The van der Waals surface area contributed by atoms with Crippen molar-refractivity contribution < 1.29 is 9.02 Å². The smallest absolute Gasteiger partial charge is 0.170 e. The molecule has 7 heteroatoms. The molecule has 0 aliphatic carbocycles. The van der Waals surface area contributed by atoms with Crippen molar-refractivity contribution in [3.63, 3.8) is 0 Å². The number of benzene rings is 1. The molecule has 0 aliphatic heterocycles. The van der Waals surface area contributed by atoms with Gasteiger partial charge in [0, 0.05) is 12.6 Å². The van der Waals surface area contributed by atoms with Crippen molar-refractivity contribution in [2.75, 3.05) is 0 Å². The molecule has 0 saturated carbocycles. The standard InChI is InChI=1S/C10H6BrFN4O/c1-16-10(6(11)4-13-16)5-2-7(12)9-8(3-5)14-17-15-9/h2-4H,1H3. The minimum atomic E-state index is -0.466. The van der Waals surface area contributed by atoms with Crippen molar-refractivity contribution >= 4 is 27.0 Å². The molecule has 3 aromatic rings. The Morgan fingerprint density at radius 2 is 2.18 bits per heavy atom. The summed E-state index contributed by atoms with van der Waals surface area (Å²) in [5.74, 6) is -0.466. The van der Waals surface area contributed by atoms with Crippen LogP contribution in [0.4, 0.5) is 4.39 Å². The third-order valence-electron chi connectivity index (χ3n) is 2.48. The molecule has 0 fully saturated rings. The molecule has 0 aliphatic rings. The largest absolute Gasteiger partial charge is 0.267 e. The Labute approximate surface area is 103 Å². The van der Waals surface area contributed by atoms with E-state index in [4.69, 9.17) is 0 Å². The lowest BCUT2D eigenvalue weighted by molar-refractivity contribution is 0.314. The summed E-state index contributed by atoms with van der Waals surface area (Å²) in [5.41, 5.74) is 1.95. The van der Waals surface area contributed by atoms with E-state index in [-0.39, 0.29) is 5.52 Å². The van der Waals surface area contributed by atoms with Crippen LogP contribution in [0.5, 0.6) is 0 Å². The fourth-order valence-electron chi connectivity index (χ4n) is 1.72. The topological polar surface area (TPSA) is 56.7 Å². The number of aromatic nitrogens is 4. The third-order valence-corrected chi connectivity index (χ3v) is 3.06. The Kier molecular flexibility index (Phi) is 2.22. The highest BCUT2D eigenvalue weighted by molar-refractivity contribution is 9.10. The molecule has 0 radical (unpaired) electrons. The Bertz CT molecular complexity index is 686. The van der Waals surface area contributed by atoms with Crippen LogP contribution in [-0.2, 0) is 7.05 Å². The molecule has 1 aromatic carbocycles. The number of fused-ring (bicyclic) bond motifs is 1. The first kappa shape index (κ1) is 10.4. The Morgan fingerprint density at radius 1 is 1.35 bits per heavy atom. The van der Waals surface area contributed by atoms with E-state index in [1.807, 2.05) is 0 Å². The lowest BCUT2D eigenvalue weighted by Crippen LogP contribution is -1.94. The van der Waals surface area contributed by atoms with Crippen LogP contribution >= 0.6 is 15.9 Å². The Balaban J connectivity index is 2.31. The maximum atomic E-state index is 13.7. The van der Waals surface area contributed by atoms with Gasteiger partial charge < -0.3 is 0 Å². The Morgan fingerprint density at radius 3 is 2.88 bits per heavy atom. The van der Waals surface area contributed by atoms with Crippen molar-refractivity contribution in [1.82, 2.24) is 20.1 Å². The van der Waals surface area contributed by atoms with Crippen LogP contribution in [0, 0.1) is 5.82 Å². The zero-order valence-corrected chi connectivity index (χ0v) is 10.3. The molecule has 0 amide bonds. The molecular weight excluding hydrogens is 291 g/mol. The predicted octanol–water partition coefficient (Wildman–Crippen LogP) is 2.52. The molecule has 86 valence electrons. The highest BCUT2D eigenvalue weighted by Crippen LogP contribution is 2.30. The van der Waals surface area contributed by atoms with Gasteiger partial charge in [-0.25, -0.2) is 9.02 Å². The zero-order chi connectivity index (χ0) is 12.0. The molecule has 17 heavy (non-hydrogen) atoms. The fraction of sp³-hybridized carbons (Fsp3) is 0.100. The number of nitrogens with zero attached hydrogens (tertiary/aromatic N) is 4. The molecule has 0 atom stereocenters. The molecular formula is C10H6BrFN4O. The highest BCUT2D eigenvalue weighted by atomic mass is 79.9. The first-order valence-electron chi connectivity index (χ1n) is 4.76. The minimum Gasteiger partial charge on any atom is -0.267 e. The van der Waals surface area contributed by atoms with Gasteiger partial charge in [0.1, 0.15) is 5.52 Å². The van der Waals surface area contributed by atoms with Gasteiger partial charge in [0.2, 0.25) is 0 Å². The summed E-state index contributed by atoms with van der Waals surface area (Å²) < 4.78 is 20.7. The van der Waals surface area contributed by atoms with Gasteiger partial charge in [0.25, 0.3) is 0 Å². The highest BCUT2D eigenvalue weighted by Gasteiger charge is 2.14. The SMILES string of the molecule is Cn1ncc(Br)c1-c1cc(F)c2nonc2c1. The van der Waals surface area contributed by atoms with Crippen LogP contribution < -0.4 is 0 Å². The monoisotopic (exact) mass is 296 g/mol.